The highest BCUT2D eigenvalue weighted by molar-refractivity contribution is 5.78. The van der Waals surface area contributed by atoms with Crippen LogP contribution in [0.4, 0.5) is 0 Å². The van der Waals surface area contributed by atoms with E-state index in [4.69, 9.17) is 15.5 Å². The van der Waals surface area contributed by atoms with Crippen molar-refractivity contribution in [3.8, 4) is 0 Å². The average molecular weight is 279 g/mol. The first kappa shape index (κ1) is 14.2. The number of nitrogens with one attached hydrogen (secondary N) is 1. The zero-order chi connectivity index (χ0) is 14.0. The van der Waals surface area contributed by atoms with Crippen LogP contribution < -0.4 is 11.1 Å². The highest BCUT2D eigenvalue weighted by Gasteiger charge is 2.56. The summed E-state index contributed by atoms with van der Waals surface area (Å²) in [5, 5.41) is 3.42. The van der Waals surface area contributed by atoms with E-state index in [0.717, 1.165) is 13.0 Å². The maximum atomic E-state index is 6.13. The molecule has 0 radical (unpaired) electrons. The van der Waals surface area contributed by atoms with Crippen LogP contribution in [0.15, 0.2) is 4.99 Å². The topological polar surface area (TPSA) is 59.6 Å². The molecule has 3 saturated carbocycles. The Balaban J connectivity index is 1.61. The second-order valence-corrected chi connectivity index (χ2v) is 6.78. The summed E-state index contributed by atoms with van der Waals surface area (Å²) < 4.78 is 5.93. The van der Waals surface area contributed by atoms with Gasteiger partial charge >= 0.3 is 0 Å². The molecule has 3 aliphatic rings. The molecule has 0 aromatic carbocycles. The molecule has 0 aromatic rings. The number of aliphatic imine (C=N–C) groups is 1. The molecule has 3 fully saturated rings. The summed E-state index contributed by atoms with van der Waals surface area (Å²) in [6, 6.07) is 0.941. The lowest BCUT2D eigenvalue weighted by Gasteiger charge is -2.52. The number of nitrogens with zero attached hydrogens (tertiary/aromatic N) is 1. The maximum absolute atomic E-state index is 6.13. The van der Waals surface area contributed by atoms with Gasteiger partial charge in [-0.3, -0.25) is 0 Å². The summed E-state index contributed by atoms with van der Waals surface area (Å²) in [7, 11) is 0. The fourth-order valence-electron chi connectivity index (χ4n) is 4.52. The zero-order valence-corrected chi connectivity index (χ0v) is 12.7. The fraction of sp³-hybridized carbons (Fsp3) is 0.938. The molecule has 1 spiro atoms. The standard InChI is InChI=1S/C16H29N3O/c1-2-20-14-11-13(16(14)9-5-6-10-16)19-15(17)18-12-7-3-4-8-12/h12-14H,2-11H2,1H3,(H3,17,18,19). The molecule has 2 unspecified atom stereocenters. The van der Waals surface area contributed by atoms with Crippen molar-refractivity contribution in [2.24, 2.45) is 16.1 Å². The van der Waals surface area contributed by atoms with Crippen LogP contribution >= 0.6 is 0 Å². The van der Waals surface area contributed by atoms with Gasteiger partial charge in [-0.15, -0.1) is 0 Å². The van der Waals surface area contributed by atoms with E-state index in [1.165, 1.54) is 51.4 Å². The minimum absolute atomic E-state index is 0.304. The van der Waals surface area contributed by atoms with Crippen molar-refractivity contribution >= 4 is 5.96 Å². The van der Waals surface area contributed by atoms with Crippen molar-refractivity contribution in [3.63, 3.8) is 0 Å². The van der Waals surface area contributed by atoms with Crippen LogP contribution in [0.5, 0.6) is 0 Å². The highest BCUT2D eigenvalue weighted by Crippen LogP contribution is 2.56. The Hall–Kier alpha value is -0.770. The normalized spacial score (nSPS) is 33.5. The summed E-state index contributed by atoms with van der Waals surface area (Å²) in [6.07, 6.45) is 11.8. The molecule has 4 nitrogen and oxygen atoms in total. The second-order valence-electron chi connectivity index (χ2n) is 6.78. The largest absolute Gasteiger partial charge is 0.378 e. The van der Waals surface area contributed by atoms with Gasteiger partial charge in [-0.2, -0.15) is 0 Å². The van der Waals surface area contributed by atoms with Gasteiger partial charge in [-0.05, 0) is 39.0 Å². The number of nitrogens with two attached hydrogens (primary N) is 1. The van der Waals surface area contributed by atoms with Gasteiger partial charge in [0.1, 0.15) is 0 Å². The number of rotatable bonds is 4. The third kappa shape index (κ3) is 2.54. The van der Waals surface area contributed by atoms with E-state index in [1.54, 1.807) is 0 Å². The van der Waals surface area contributed by atoms with Crippen molar-refractivity contribution in [2.45, 2.75) is 82.9 Å². The van der Waals surface area contributed by atoms with Crippen LogP contribution in [-0.4, -0.2) is 30.8 Å². The predicted molar refractivity (Wildman–Crippen MR) is 81.7 cm³/mol. The predicted octanol–water partition coefficient (Wildman–Crippen LogP) is 2.57. The molecule has 3 N–H and O–H groups in total. The number of ether oxygens (including phenoxy) is 1. The van der Waals surface area contributed by atoms with Gasteiger partial charge in [-0.1, -0.05) is 25.7 Å². The first-order valence-corrected chi connectivity index (χ1v) is 8.46. The molecule has 0 saturated heterocycles. The minimum atomic E-state index is 0.304. The third-order valence-electron chi connectivity index (χ3n) is 5.65. The summed E-state index contributed by atoms with van der Waals surface area (Å²) in [6.45, 7) is 2.91. The van der Waals surface area contributed by atoms with Crippen LogP contribution in [0.3, 0.4) is 0 Å². The first-order valence-electron chi connectivity index (χ1n) is 8.46. The molecule has 3 aliphatic carbocycles. The van der Waals surface area contributed by atoms with Gasteiger partial charge in [-0.25, -0.2) is 4.99 Å². The Kier molecular flexibility index (Phi) is 4.20. The Morgan fingerprint density at radius 3 is 2.60 bits per heavy atom. The van der Waals surface area contributed by atoms with Crippen LogP contribution in [0, 0.1) is 5.41 Å². The van der Waals surface area contributed by atoms with Crippen molar-refractivity contribution < 1.29 is 4.74 Å². The Labute approximate surface area is 122 Å². The lowest BCUT2D eigenvalue weighted by Crippen LogP contribution is -2.57. The molecule has 4 heteroatoms. The second kappa shape index (κ2) is 5.92. The van der Waals surface area contributed by atoms with Gasteiger partial charge in [0.05, 0.1) is 12.1 Å². The molecule has 20 heavy (non-hydrogen) atoms. The first-order chi connectivity index (χ1) is 9.74. The molecule has 2 atom stereocenters. The third-order valence-corrected chi connectivity index (χ3v) is 5.65. The van der Waals surface area contributed by atoms with Gasteiger partial charge in [0.25, 0.3) is 0 Å². The SMILES string of the molecule is CCOC1CC(N=C(N)NC2CCCC2)C12CCCC2. The van der Waals surface area contributed by atoms with E-state index < -0.39 is 0 Å². The van der Waals surface area contributed by atoms with Crippen molar-refractivity contribution in [1.29, 1.82) is 0 Å². The quantitative estimate of drug-likeness (QED) is 0.614. The summed E-state index contributed by atoms with van der Waals surface area (Å²) in [5.41, 5.74) is 6.44. The molecule has 114 valence electrons. The van der Waals surface area contributed by atoms with E-state index in [9.17, 15) is 0 Å². The van der Waals surface area contributed by atoms with E-state index >= 15 is 0 Å². The number of hydrogen-bond acceptors (Lipinski definition) is 2. The lowest BCUT2D eigenvalue weighted by molar-refractivity contribution is -0.119. The zero-order valence-electron chi connectivity index (χ0n) is 12.7. The Morgan fingerprint density at radius 1 is 1.25 bits per heavy atom. The summed E-state index contributed by atoms with van der Waals surface area (Å²) >= 11 is 0. The fourth-order valence-corrected chi connectivity index (χ4v) is 4.52. The van der Waals surface area contributed by atoms with Gasteiger partial charge < -0.3 is 15.8 Å². The molecule has 3 rings (SSSR count). The minimum Gasteiger partial charge on any atom is -0.378 e. The Morgan fingerprint density at radius 2 is 1.95 bits per heavy atom. The molecule has 0 heterocycles. The van der Waals surface area contributed by atoms with Crippen molar-refractivity contribution in [1.82, 2.24) is 5.32 Å². The number of hydrogen-bond donors (Lipinski definition) is 2. The smallest absolute Gasteiger partial charge is 0.189 e. The van der Waals surface area contributed by atoms with E-state index in [1.807, 2.05) is 0 Å². The van der Waals surface area contributed by atoms with Crippen LogP contribution in [0.2, 0.25) is 0 Å². The molecule has 0 amide bonds. The molecule has 0 aromatic heterocycles. The van der Waals surface area contributed by atoms with Crippen LogP contribution in [-0.2, 0) is 4.74 Å². The lowest BCUT2D eigenvalue weighted by atomic mass is 9.61. The Bertz CT molecular complexity index is 357. The van der Waals surface area contributed by atoms with E-state index in [2.05, 4.69) is 12.2 Å². The number of guanidine groups is 1. The van der Waals surface area contributed by atoms with Crippen molar-refractivity contribution in [3.05, 3.63) is 0 Å². The highest BCUT2D eigenvalue weighted by atomic mass is 16.5. The maximum Gasteiger partial charge on any atom is 0.189 e. The van der Waals surface area contributed by atoms with Crippen LogP contribution in [0.25, 0.3) is 0 Å². The van der Waals surface area contributed by atoms with Crippen molar-refractivity contribution in [2.75, 3.05) is 6.61 Å². The van der Waals surface area contributed by atoms with Gasteiger partial charge in [0, 0.05) is 18.1 Å². The van der Waals surface area contributed by atoms with Crippen LogP contribution in [0.1, 0.15) is 64.7 Å². The molecule has 0 bridgehead atoms. The van der Waals surface area contributed by atoms with Gasteiger partial charge in [0.2, 0.25) is 0 Å². The summed E-state index contributed by atoms with van der Waals surface area (Å²) in [4.78, 5) is 4.82. The van der Waals surface area contributed by atoms with E-state index in [0.29, 0.717) is 29.6 Å². The molecule has 0 aliphatic heterocycles. The molecular weight excluding hydrogens is 250 g/mol. The van der Waals surface area contributed by atoms with Gasteiger partial charge in [0.15, 0.2) is 5.96 Å². The van der Waals surface area contributed by atoms with E-state index in [-0.39, 0.29) is 0 Å². The average Bonchev–Trinajstić information content (AvgIpc) is 3.09. The summed E-state index contributed by atoms with van der Waals surface area (Å²) in [5.74, 6) is 0.670. The molecular formula is C16H29N3O. The monoisotopic (exact) mass is 279 g/mol.